The molecule has 1 saturated heterocycles. The molecule has 0 aromatic rings. The summed E-state index contributed by atoms with van der Waals surface area (Å²) in [4.78, 5) is 11.6. The van der Waals surface area contributed by atoms with E-state index in [1.807, 2.05) is 0 Å². The lowest BCUT2D eigenvalue weighted by Gasteiger charge is -2.33. The highest BCUT2D eigenvalue weighted by molar-refractivity contribution is 7.91. The van der Waals surface area contributed by atoms with Crippen LogP contribution in [0.2, 0.25) is 0 Å². The van der Waals surface area contributed by atoms with Gasteiger partial charge in [-0.2, -0.15) is 0 Å². The van der Waals surface area contributed by atoms with Gasteiger partial charge in [0.1, 0.15) is 9.84 Å². The van der Waals surface area contributed by atoms with Crippen molar-refractivity contribution in [3.05, 3.63) is 12.7 Å². The average molecular weight is 232 g/mol. The van der Waals surface area contributed by atoms with Gasteiger partial charge >= 0.3 is 5.97 Å². The van der Waals surface area contributed by atoms with E-state index in [1.54, 1.807) is 6.08 Å². The van der Waals surface area contributed by atoms with Crippen LogP contribution in [0.5, 0.6) is 0 Å². The normalized spacial score (nSPS) is 23.0. The third-order valence-corrected chi connectivity index (χ3v) is 4.59. The first-order valence-electron chi connectivity index (χ1n) is 4.85. The molecule has 15 heavy (non-hydrogen) atoms. The van der Waals surface area contributed by atoms with Crippen LogP contribution in [0.1, 0.15) is 19.3 Å². The summed E-state index contributed by atoms with van der Waals surface area (Å²) in [5.41, 5.74) is -0.665. The highest BCUT2D eigenvalue weighted by Crippen LogP contribution is 2.37. The van der Waals surface area contributed by atoms with Gasteiger partial charge in [-0.1, -0.05) is 6.08 Å². The monoisotopic (exact) mass is 232 g/mol. The second-order valence-corrected chi connectivity index (χ2v) is 6.22. The Bertz CT molecular complexity index is 342. The van der Waals surface area contributed by atoms with E-state index < -0.39 is 15.3 Å². The Kier molecular flexibility index (Phi) is 3.54. The molecule has 0 aromatic heterocycles. The zero-order valence-electron chi connectivity index (χ0n) is 8.86. The minimum Gasteiger partial charge on any atom is -0.469 e. The largest absolute Gasteiger partial charge is 0.469 e. The molecule has 1 aliphatic heterocycles. The molecule has 0 aliphatic carbocycles. The predicted octanol–water partition coefficient (Wildman–Crippen LogP) is 0.931. The SMILES string of the molecule is C=CCC1(C(=O)OC)CCS(=O)(=O)CC1. The summed E-state index contributed by atoms with van der Waals surface area (Å²) in [7, 11) is -1.63. The topological polar surface area (TPSA) is 60.4 Å². The molecular weight excluding hydrogens is 216 g/mol. The van der Waals surface area contributed by atoms with Gasteiger partial charge in [-0.25, -0.2) is 8.42 Å². The van der Waals surface area contributed by atoms with Crippen LogP contribution in [-0.4, -0.2) is 33.0 Å². The van der Waals surface area contributed by atoms with E-state index in [-0.39, 0.29) is 17.5 Å². The Morgan fingerprint density at radius 2 is 2.00 bits per heavy atom. The second kappa shape index (κ2) is 4.35. The average Bonchev–Trinajstić information content (AvgIpc) is 2.21. The molecule has 1 fully saturated rings. The van der Waals surface area contributed by atoms with Crippen LogP contribution in [0.4, 0.5) is 0 Å². The molecule has 4 nitrogen and oxygen atoms in total. The van der Waals surface area contributed by atoms with Crippen molar-refractivity contribution in [2.45, 2.75) is 19.3 Å². The minimum absolute atomic E-state index is 0.0654. The number of ether oxygens (including phenoxy) is 1. The fourth-order valence-electron chi connectivity index (χ4n) is 1.91. The van der Waals surface area contributed by atoms with E-state index in [0.717, 1.165) is 0 Å². The Morgan fingerprint density at radius 1 is 1.47 bits per heavy atom. The Morgan fingerprint density at radius 3 is 2.40 bits per heavy atom. The summed E-state index contributed by atoms with van der Waals surface area (Å²) in [5.74, 6) is -0.191. The third kappa shape index (κ3) is 2.59. The lowest BCUT2D eigenvalue weighted by atomic mass is 9.79. The zero-order chi connectivity index (χ0) is 11.5. The van der Waals surface area contributed by atoms with E-state index in [4.69, 9.17) is 4.74 Å². The van der Waals surface area contributed by atoms with Crippen LogP contribution in [0.15, 0.2) is 12.7 Å². The number of methoxy groups -OCH3 is 1. The quantitative estimate of drug-likeness (QED) is 0.536. The van der Waals surface area contributed by atoms with Gasteiger partial charge in [0.2, 0.25) is 0 Å². The molecule has 0 spiro atoms. The van der Waals surface area contributed by atoms with Crippen LogP contribution < -0.4 is 0 Å². The number of esters is 1. The maximum atomic E-state index is 11.6. The van der Waals surface area contributed by atoms with Crippen LogP contribution in [0.3, 0.4) is 0 Å². The fraction of sp³-hybridized carbons (Fsp3) is 0.700. The van der Waals surface area contributed by atoms with Crippen molar-refractivity contribution in [1.29, 1.82) is 0 Å². The van der Waals surface area contributed by atoms with E-state index in [9.17, 15) is 13.2 Å². The second-order valence-electron chi connectivity index (χ2n) is 3.92. The minimum atomic E-state index is -2.96. The number of allylic oxidation sites excluding steroid dienone is 1. The molecule has 0 unspecified atom stereocenters. The van der Waals surface area contributed by atoms with Crippen LogP contribution in [0, 0.1) is 5.41 Å². The zero-order valence-corrected chi connectivity index (χ0v) is 9.68. The maximum Gasteiger partial charge on any atom is 0.312 e. The number of rotatable bonds is 3. The summed E-state index contributed by atoms with van der Waals surface area (Å²) >= 11 is 0. The molecule has 1 aliphatic rings. The number of sulfone groups is 1. The van der Waals surface area contributed by atoms with Gasteiger partial charge in [0, 0.05) is 0 Å². The predicted molar refractivity (Wildman–Crippen MR) is 57.2 cm³/mol. The molecule has 0 saturated carbocycles. The third-order valence-electron chi connectivity index (χ3n) is 2.94. The highest BCUT2D eigenvalue weighted by atomic mass is 32.2. The molecule has 1 heterocycles. The van der Waals surface area contributed by atoms with Gasteiger partial charge in [-0.15, -0.1) is 6.58 Å². The lowest BCUT2D eigenvalue weighted by molar-refractivity contribution is -0.153. The maximum absolute atomic E-state index is 11.6. The molecule has 0 amide bonds. The summed E-state index contributed by atoms with van der Waals surface area (Å²) in [5, 5.41) is 0. The summed E-state index contributed by atoms with van der Waals surface area (Å²) < 4.78 is 27.3. The first kappa shape index (κ1) is 12.2. The molecule has 86 valence electrons. The van der Waals surface area contributed by atoms with Crippen LogP contribution in [-0.2, 0) is 19.4 Å². The van der Waals surface area contributed by atoms with Crippen molar-refractivity contribution in [3.63, 3.8) is 0 Å². The summed E-state index contributed by atoms with van der Waals surface area (Å²) in [6.07, 6.45) is 2.81. The van der Waals surface area contributed by atoms with Crippen molar-refractivity contribution < 1.29 is 17.9 Å². The van der Waals surface area contributed by atoms with E-state index in [0.29, 0.717) is 19.3 Å². The number of hydrogen-bond donors (Lipinski definition) is 0. The summed E-state index contributed by atoms with van der Waals surface area (Å²) in [6, 6.07) is 0. The number of carbonyl (C=O) groups excluding carboxylic acids is 1. The fourth-order valence-corrected chi connectivity index (χ4v) is 3.52. The van der Waals surface area contributed by atoms with Crippen LogP contribution in [0.25, 0.3) is 0 Å². The van der Waals surface area contributed by atoms with Gasteiger partial charge in [-0.05, 0) is 19.3 Å². The van der Waals surface area contributed by atoms with Crippen molar-refractivity contribution in [1.82, 2.24) is 0 Å². The van der Waals surface area contributed by atoms with Gasteiger partial charge in [0.05, 0.1) is 24.0 Å². The van der Waals surface area contributed by atoms with Crippen molar-refractivity contribution in [2.24, 2.45) is 5.41 Å². The smallest absolute Gasteiger partial charge is 0.312 e. The van der Waals surface area contributed by atoms with E-state index in [2.05, 4.69) is 6.58 Å². The van der Waals surface area contributed by atoms with Gasteiger partial charge < -0.3 is 4.74 Å². The summed E-state index contributed by atoms with van der Waals surface area (Å²) in [6.45, 7) is 3.60. The van der Waals surface area contributed by atoms with Crippen molar-refractivity contribution >= 4 is 15.8 Å². The Hall–Kier alpha value is -0.840. The molecule has 0 bridgehead atoms. The van der Waals surface area contributed by atoms with Crippen molar-refractivity contribution in [3.8, 4) is 0 Å². The first-order chi connectivity index (χ1) is 6.96. The van der Waals surface area contributed by atoms with Gasteiger partial charge in [0.25, 0.3) is 0 Å². The standard InChI is InChI=1S/C10H16O4S/c1-3-4-10(9(11)14-2)5-7-15(12,13)8-6-10/h3H,1,4-8H2,2H3. The van der Waals surface area contributed by atoms with Crippen molar-refractivity contribution in [2.75, 3.05) is 18.6 Å². The Balaban J connectivity index is 2.86. The van der Waals surface area contributed by atoms with E-state index in [1.165, 1.54) is 7.11 Å². The first-order valence-corrected chi connectivity index (χ1v) is 6.68. The van der Waals surface area contributed by atoms with E-state index >= 15 is 0 Å². The molecule has 0 aromatic carbocycles. The Labute approximate surface area is 90.2 Å². The highest BCUT2D eigenvalue weighted by Gasteiger charge is 2.43. The molecule has 0 radical (unpaired) electrons. The molecule has 0 N–H and O–H groups in total. The van der Waals surface area contributed by atoms with Crippen LogP contribution >= 0.6 is 0 Å². The van der Waals surface area contributed by atoms with Gasteiger partial charge in [0.15, 0.2) is 0 Å². The van der Waals surface area contributed by atoms with Gasteiger partial charge in [-0.3, -0.25) is 4.79 Å². The molecular formula is C10H16O4S. The lowest BCUT2D eigenvalue weighted by Crippen LogP contribution is -2.40. The number of hydrogen-bond acceptors (Lipinski definition) is 4. The molecule has 0 atom stereocenters. The number of carbonyl (C=O) groups is 1. The molecule has 1 rings (SSSR count). The molecule has 5 heteroatoms.